The van der Waals surface area contributed by atoms with Crippen LogP contribution in [0.1, 0.15) is 17.0 Å². The van der Waals surface area contributed by atoms with Crippen molar-refractivity contribution >= 4 is 28.3 Å². The van der Waals surface area contributed by atoms with Crippen molar-refractivity contribution in [3.05, 3.63) is 38.2 Å². The molecular formula is C11H10ClN3O2. The van der Waals surface area contributed by atoms with E-state index in [0.29, 0.717) is 11.2 Å². The van der Waals surface area contributed by atoms with E-state index in [2.05, 4.69) is 9.97 Å². The number of hydrogen-bond donors (Lipinski definition) is 0. The quantitative estimate of drug-likeness (QED) is 0.577. The van der Waals surface area contributed by atoms with Crippen molar-refractivity contribution in [1.29, 1.82) is 0 Å². The van der Waals surface area contributed by atoms with Crippen LogP contribution < -0.4 is 0 Å². The van der Waals surface area contributed by atoms with Gasteiger partial charge in [-0.25, -0.2) is 9.97 Å². The first-order valence-electron chi connectivity index (χ1n) is 5.00. The van der Waals surface area contributed by atoms with Crippen LogP contribution in [0.5, 0.6) is 0 Å². The number of nitro benzene ring substituents is 1. The molecule has 5 nitrogen and oxygen atoms in total. The normalized spacial score (nSPS) is 10.8. The molecule has 88 valence electrons. The molecule has 2 aromatic rings. The van der Waals surface area contributed by atoms with Gasteiger partial charge in [-0.1, -0.05) is 11.6 Å². The van der Waals surface area contributed by atoms with Gasteiger partial charge in [0.1, 0.15) is 5.02 Å². The van der Waals surface area contributed by atoms with Gasteiger partial charge in [0.05, 0.1) is 21.8 Å². The molecule has 0 radical (unpaired) electrons. The molecule has 2 rings (SSSR count). The fourth-order valence-electron chi connectivity index (χ4n) is 1.66. The van der Waals surface area contributed by atoms with Gasteiger partial charge < -0.3 is 0 Å². The fourth-order valence-corrected chi connectivity index (χ4v) is 1.98. The molecule has 6 heteroatoms. The molecule has 0 saturated heterocycles. The molecule has 1 aromatic carbocycles. The Kier molecular flexibility index (Phi) is 2.71. The monoisotopic (exact) mass is 251 g/mol. The molecule has 0 saturated carbocycles. The van der Waals surface area contributed by atoms with Crippen molar-refractivity contribution in [2.75, 3.05) is 0 Å². The van der Waals surface area contributed by atoms with Crippen LogP contribution in [0.2, 0.25) is 5.02 Å². The third-order valence-electron chi connectivity index (χ3n) is 2.66. The highest BCUT2D eigenvalue weighted by atomic mass is 35.5. The lowest BCUT2D eigenvalue weighted by molar-refractivity contribution is -0.383. The largest absolute Gasteiger partial charge is 0.315 e. The predicted octanol–water partition coefficient (Wildman–Crippen LogP) is 3.12. The van der Waals surface area contributed by atoms with E-state index >= 15 is 0 Å². The summed E-state index contributed by atoms with van der Waals surface area (Å²) in [6.45, 7) is 5.39. The van der Waals surface area contributed by atoms with E-state index in [9.17, 15) is 10.1 Å². The Morgan fingerprint density at radius 3 is 2.24 bits per heavy atom. The van der Waals surface area contributed by atoms with Crippen LogP contribution in [0.4, 0.5) is 5.69 Å². The van der Waals surface area contributed by atoms with Crippen LogP contribution in [0, 0.1) is 30.9 Å². The number of benzene rings is 1. The third-order valence-corrected chi connectivity index (χ3v) is 2.94. The zero-order valence-corrected chi connectivity index (χ0v) is 10.4. The molecule has 0 aliphatic rings. The molecule has 0 unspecified atom stereocenters. The molecule has 17 heavy (non-hydrogen) atoms. The maximum absolute atomic E-state index is 11.0. The summed E-state index contributed by atoms with van der Waals surface area (Å²) in [6.07, 6.45) is 0. The summed E-state index contributed by atoms with van der Waals surface area (Å²) in [6, 6.07) is 1.55. The first kappa shape index (κ1) is 11.7. The van der Waals surface area contributed by atoms with Gasteiger partial charge in [0.25, 0.3) is 0 Å². The summed E-state index contributed by atoms with van der Waals surface area (Å²) in [7, 11) is 0. The minimum absolute atomic E-state index is 0.0950. The first-order chi connectivity index (χ1) is 7.91. The first-order valence-corrected chi connectivity index (χ1v) is 5.38. The van der Waals surface area contributed by atoms with E-state index in [4.69, 9.17) is 11.6 Å². The highest BCUT2D eigenvalue weighted by molar-refractivity contribution is 6.34. The van der Waals surface area contributed by atoms with E-state index in [1.54, 1.807) is 19.9 Å². The molecular weight excluding hydrogens is 242 g/mol. The van der Waals surface area contributed by atoms with E-state index in [1.807, 2.05) is 6.92 Å². The van der Waals surface area contributed by atoms with Crippen LogP contribution in [-0.2, 0) is 0 Å². The van der Waals surface area contributed by atoms with Gasteiger partial charge in [0.2, 0.25) is 0 Å². The van der Waals surface area contributed by atoms with E-state index < -0.39 is 4.92 Å². The summed E-state index contributed by atoms with van der Waals surface area (Å²) in [5.74, 6) is 0. The number of nitrogens with zero attached hydrogens (tertiary/aromatic N) is 3. The van der Waals surface area contributed by atoms with Crippen molar-refractivity contribution in [3.63, 3.8) is 0 Å². The van der Waals surface area contributed by atoms with E-state index in [0.717, 1.165) is 11.3 Å². The molecule has 0 fully saturated rings. The molecule has 0 aliphatic carbocycles. The highest BCUT2D eigenvalue weighted by Crippen LogP contribution is 2.33. The number of rotatable bonds is 1. The van der Waals surface area contributed by atoms with E-state index in [-0.39, 0.29) is 16.2 Å². The topological polar surface area (TPSA) is 68.9 Å². The standard InChI is InChI=1S/C11H10ClN3O2/c1-5-4-8(12)11(15(16)17)10-9(5)13-6(2)7(3)14-10/h4H,1-3H3. The second-order valence-corrected chi connectivity index (χ2v) is 4.28. The van der Waals surface area contributed by atoms with Crippen molar-refractivity contribution in [3.8, 4) is 0 Å². The van der Waals surface area contributed by atoms with E-state index in [1.165, 1.54) is 0 Å². The van der Waals surface area contributed by atoms with Crippen molar-refractivity contribution < 1.29 is 4.92 Å². The van der Waals surface area contributed by atoms with Crippen molar-refractivity contribution in [2.24, 2.45) is 0 Å². The smallest absolute Gasteiger partial charge is 0.258 e. The van der Waals surface area contributed by atoms with Gasteiger partial charge in [-0.15, -0.1) is 0 Å². The molecule has 1 aromatic heterocycles. The van der Waals surface area contributed by atoms with Crippen LogP contribution in [0.3, 0.4) is 0 Å². The van der Waals surface area contributed by atoms with Crippen LogP contribution in [0.25, 0.3) is 11.0 Å². The lowest BCUT2D eigenvalue weighted by atomic mass is 10.1. The van der Waals surface area contributed by atoms with Crippen molar-refractivity contribution in [2.45, 2.75) is 20.8 Å². The Bertz CT molecular complexity index is 640. The second-order valence-electron chi connectivity index (χ2n) is 3.87. The second kappa shape index (κ2) is 3.92. The summed E-state index contributed by atoms with van der Waals surface area (Å²) < 4.78 is 0. The number of fused-ring (bicyclic) bond motifs is 1. The maximum Gasteiger partial charge on any atom is 0.315 e. The Balaban J connectivity index is 3.00. The Morgan fingerprint density at radius 2 is 1.71 bits per heavy atom. The lowest BCUT2D eigenvalue weighted by Gasteiger charge is -2.06. The molecule has 1 heterocycles. The molecule has 0 spiro atoms. The van der Waals surface area contributed by atoms with Crippen LogP contribution >= 0.6 is 11.6 Å². The van der Waals surface area contributed by atoms with Gasteiger partial charge in [-0.2, -0.15) is 0 Å². The van der Waals surface area contributed by atoms with Gasteiger partial charge >= 0.3 is 5.69 Å². The number of halogens is 1. The summed E-state index contributed by atoms with van der Waals surface area (Å²) >= 11 is 5.89. The fraction of sp³-hybridized carbons (Fsp3) is 0.273. The van der Waals surface area contributed by atoms with Crippen LogP contribution in [0.15, 0.2) is 6.07 Å². The number of hydrogen-bond acceptors (Lipinski definition) is 4. The number of nitro groups is 1. The van der Waals surface area contributed by atoms with Crippen molar-refractivity contribution in [1.82, 2.24) is 9.97 Å². The summed E-state index contributed by atoms with van der Waals surface area (Å²) in [4.78, 5) is 19.0. The lowest BCUT2D eigenvalue weighted by Crippen LogP contribution is -2.00. The van der Waals surface area contributed by atoms with Gasteiger partial charge in [-0.05, 0) is 32.4 Å². The molecule has 0 atom stereocenters. The summed E-state index contributed by atoms with van der Waals surface area (Å²) in [5.41, 5.74) is 2.82. The Morgan fingerprint density at radius 1 is 1.18 bits per heavy atom. The summed E-state index contributed by atoms with van der Waals surface area (Å²) in [5, 5.41) is 11.1. The SMILES string of the molecule is Cc1nc2c(C)cc(Cl)c([N+](=O)[O-])c2nc1C. The Labute approximate surface area is 103 Å². The molecule has 0 aliphatic heterocycles. The average molecular weight is 252 g/mol. The van der Waals surface area contributed by atoms with Gasteiger partial charge in [-0.3, -0.25) is 10.1 Å². The Hall–Kier alpha value is -1.75. The van der Waals surface area contributed by atoms with Crippen LogP contribution in [-0.4, -0.2) is 14.9 Å². The highest BCUT2D eigenvalue weighted by Gasteiger charge is 2.21. The predicted molar refractivity (Wildman–Crippen MR) is 65.4 cm³/mol. The van der Waals surface area contributed by atoms with Gasteiger partial charge in [0, 0.05) is 0 Å². The third kappa shape index (κ3) is 1.82. The van der Waals surface area contributed by atoms with Gasteiger partial charge in [0.15, 0.2) is 5.52 Å². The maximum atomic E-state index is 11.0. The number of aromatic nitrogens is 2. The average Bonchev–Trinajstić information content (AvgIpc) is 2.20. The minimum atomic E-state index is -0.520. The minimum Gasteiger partial charge on any atom is -0.258 e. The number of aryl methyl sites for hydroxylation is 3. The molecule has 0 N–H and O–H groups in total. The molecule has 0 bridgehead atoms. The zero-order chi connectivity index (χ0) is 12.7. The molecule has 0 amide bonds. The zero-order valence-electron chi connectivity index (χ0n) is 9.61.